The molecule has 0 spiro atoms. The van der Waals surface area contributed by atoms with Gasteiger partial charge in [-0.3, -0.25) is 0 Å². The smallest absolute Gasteiger partial charge is 0.247 e. The quantitative estimate of drug-likeness (QED) is 0.821. The van der Waals surface area contributed by atoms with Crippen molar-refractivity contribution in [1.29, 1.82) is 0 Å². The topological polar surface area (TPSA) is 72.6 Å². The van der Waals surface area contributed by atoms with Gasteiger partial charge in [-0.1, -0.05) is 6.07 Å². The van der Waals surface area contributed by atoms with E-state index in [2.05, 4.69) is 0 Å². The summed E-state index contributed by atoms with van der Waals surface area (Å²) in [4.78, 5) is 0.216. The van der Waals surface area contributed by atoms with Crippen LogP contribution >= 0.6 is 0 Å². The van der Waals surface area contributed by atoms with E-state index in [-0.39, 0.29) is 11.6 Å². The number of rotatable bonds is 2. The predicted octanol–water partition coefficient (Wildman–Crippen LogP) is 1.25. The number of benzene rings is 1. The van der Waals surface area contributed by atoms with Gasteiger partial charge < -0.3 is 10.5 Å². The number of ether oxygens (including phenoxy) is 1. The van der Waals surface area contributed by atoms with Crippen LogP contribution in [-0.4, -0.2) is 32.6 Å². The molecule has 1 fully saturated rings. The van der Waals surface area contributed by atoms with Crippen LogP contribution in [0.4, 0.5) is 5.69 Å². The highest BCUT2D eigenvalue weighted by Gasteiger charge is 2.30. The Kier molecular flexibility index (Phi) is 3.61. The van der Waals surface area contributed by atoms with Gasteiger partial charge in [0.1, 0.15) is 11.6 Å². The standard InChI is InChI=1S/C12H18N2O3S/c1-9-4-5-11(13)12(10(9)2)18(15,16)14-6-3-7-17-8-14/h4-5H,3,6-8,13H2,1-2H3. The maximum atomic E-state index is 12.5. The summed E-state index contributed by atoms with van der Waals surface area (Å²) in [6.45, 7) is 4.85. The lowest BCUT2D eigenvalue weighted by molar-refractivity contribution is 0.0313. The van der Waals surface area contributed by atoms with E-state index in [0.29, 0.717) is 30.8 Å². The SMILES string of the molecule is Cc1ccc(N)c(S(=O)(=O)N2CCCOC2)c1C. The molecule has 18 heavy (non-hydrogen) atoms. The van der Waals surface area contributed by atoms with Crippen LogP contribution < -0.4 is 5.73 Å². The summed E-state index contributed by atoms with van der Waals surface area (Å²) in [7, 11) is -3.56. The molecule has 1 aromatic carbocycles. The number of nitrogens with two attached hydrogens (primary N) is 1. The average Bonchev–Trinajstić information content (AvgIpc) is 2.35. The molecule has 0 radical (unpaired) electrons. The van der Waals surface area contributed by atoms with Crippen LogP contribution in [0.5, 0.6) is 0 Å². The van der Waals surface area contributed by atoms with Crippen molar-refractivity contribution in [3.63, 3.8) is 0 Å². The zero-order valence-corrected chi connectivity index (χ0v) is 11.5. The first-order valence-corrected chi connectivity index (χ1v) is 7.32. The second-order valence-corrected chi connectivity index (χ2v) is 6.37. The molecule has 1 aliphatic rings. The molecule has 0 bridgehead atoms. The summed E-state index contributed by atoms with van der Waals surface area (Å²) in [5, 5.41) is 0. The molecule has 5 nitrogen and oxygen atoms in total. The van der Waals surface area contributed by atoms with Gasteiger partial charge in [-0.2, -0.15) is 4.31 Å². The van der Waals surface area contributed by atoms with Crippen molar-refractivity contribution in [2.45, 2.75) is 25.2 Å². The van der Waals surface area contributed by atoms with E-state index in [4.69, 9.17) is 10.5 Å². The van der Waals surface area contributed by atoms with Crippen LogP contribution in [0.1, 0.15) is 17.5 Å². The highest BCUT2D eigenvalue weighted by Crippen LogP contribution is 2.28. The van der Waals surface area contributed by atoms with Crippen molar-refractivity contribution in [3.8, 4) is 0 Å². The van der Waals surface area contributed by atoms with Gasteiger partial charge >= 0.3 is 0 Å². The normalized spacial score (nSPS) is 17.9. The summed E-state index contributed by atoms with van der Waals surface area (Å²) in [5.41, 5.74) is 7.76. The van der Waals surface area contributed by atoms with Gasteiger partial charge in [-0.05, 0) is 37.5 Å². The van der Waals surface area contributed by atoms with Gasteiger partial charge in [-0.15, -0.1) is 0 Å². The summed E-state index contributed by atoms with van der Waals surface area (Å²) < 4.78 is 31.6. The second kappa shape index (κ2) is 4.87. The molecule has 0 unspecified atom stereocenters. The van der Waals surface area contributed by atoms with Crippen molar-refractivity contribution in [2.24, 2.45) is 0 Å². The zero-order chi connectivity index (χ0) is 13.3. The lowest BCUT2D eigenvalue weighted by Crippen LogP contribution is -2.38. The molecular weight excluding hydrogens is 252 g/mol. The van der Waals surface area contributed by atoms with Gasteiger partial charge in [0.25, 0.3) is 0 Å². The molecule has 1 aliphatic heterocycles. The summed E-state index contributed by atoms with van der Waals surface area (Å²) in [5.74, 6) is 0. The van der Waals surface area contributed by atoms with Crippen LogP contribution in [0.15, 0.2) is 17.0 Å². The molecule has 0 aromatic heterocycles. The van der Waals surface area contributed by atoms with Gasteiger partial charge in [0.05, 0.1) is 5.69 Å². The van der Waals surface area contributed by atoms with E-state index < -0.39 is 10.0 Å². The fourth-order valence-electron chi connectivity index (χ4n) is 2.05. The molecule has 0 atom stereocenters. The largest absolute Gasteiger partial charge is 0.398 e. The maximum absolute atomic E-state index is 12.5. The lowest BCUT2D eigenvalue weighted by Gasteiger charge is -2.27. The van der Waals surface area contributed by atoms with Crippen molar-refractivity contribution >= 4 is 15.7 Å². The molecule has 6 heteroatoms. The molecule has 0 amide bonds. The number of hydrogen-bond acceptors (Lipinski definition) is 4. The fourth-order valence-corrected chi connectivity index (χ4v) is 3.80. The third-order valence-corrected chi connectivity index (χ3v) is 5.26. The summed E-state index contributed by atoms with van der Waals surface area (Å²) in [6, 6.07) is 3.47. The Bertz CT molecular complexity index is 549. The summed E-state index contributed by atoms with van der Waals surface area (Å²) >= 11 is 0. The first-order valence-electron chi connectivity index (χ1n) is 5.88. The van der Waals surface area contributed by atoms with Crippen LogP contribution in [0, 0.1) is 13.8 Å². The third kappa shape index (κ3) is 2.23. The van der Waals surface area contributed by atoms with Crippen LogP contribution in [0.2, 0.25) is 0 Å². The minimum absolute atomic E-state index is 0.106. The Labute approximate surface area is 108 Å². The number of nitrogen functional groups attached to an aromatic ring is 1. The van der Waals surface area contributed by atoms with Crippen molar-refractivity contribution in [2.75, 3.05) is 25.6 Å². The average molecular weight is 270 g/mol. The van der Waals surface area contributed by atoms with Crippen molar-refractivity contribution in [1.82, 2.24) is 4.31 Å². The number of nitrogens with zero attached hydrogens (tertiary/aromatic N) is 1. The molecule has 1 heterocycles. The third-order valence-electron chi connectivity index (χ3n) is 3.24. The Hall–Kier alpha value is -1.11. The summed E-state index contributed by atoms with van der Waals surface area (Å²) in [6.07, 6.45) is 0.712. The molecule has 0 saturated carbocycles. The first kappa shape index (κ1) is 13.3. The number of aryl methyl sites for hydroxylation is 1. The van der Waals surface area contributed by atoms with E-state index in [1.165, 1.54) is 4.31 Å². The molecule has 2 N–H and O–H groups in total. The van der Waals surface area contributed by atoms with Gasteiger partial charge in [0.2, 0.25) is 10.0 Å². The van der Waals surface area contributed by atoms with Crippen molar-refractivity contribution in [3.05, 3.63) is 23.3 Å². The lowest BCUT2D eigenvalue weighted by atomic mass is 10.1. The minimum atomic E-state index is -3.56. The van der Waals surface area contributed by atoms with Gasteiger partial charge in [0.15, 0.2) is 0 Å². The van der Waals surface area contributed by atoms with Gasteiger partial charge in [-0.25, -0.2) is 8.42 Å². The van der Waals surface area contributed by atoms with Crippen molar-refractivity contribution < 1.29 is 13.2 Å². The first-order chi connectivity index (χ1) is 8.44. The Morgan fingerprint density at radius 2 is 2.06 bits per heavy atom. The number of sulfonamides is 1. The number of hydrogen-bond donors (Lipinski definition) is 1. The second-order valence-electron chi connectivity index (χ2n) is 4.50. The Morgan fingerprint density at radius 1 is 1.33 bits per heavy atom. The zero-order valence-electron chi connectivity index (χ0n) is 10.6. The maximum Gasteiger partial charge on any atom is 0.247 e. The van der Waals surface area contributed by atoms with E-state index in [0.717, 1.165) is 5.56 Å². The number of anilines is 1. The molecule has 100 valence electrons. The van der Waals surface area contributed by atoms with E-state index >= 15 is 0 Å². The van der Waals surface area contributed by atoms with E-state index in [1.54, 1.807) is 13.0 Å². The Morgan fingerprint density at radius 3 is 2.67 bits per heavy atom. The molecule has 1 aromatic rings. The predicted molar refractivity (Wildman–Crippen MR) is 69.7 cm³/mol. The molecule has 1 saturated heterocycles. The molecular formula is C12H18N2O3S. The Balaban J connectivity index is 2.50. The molecule has 0 aliphatic carbocycles. The van der Waals surface area contributed by atoms with Crippen LogP contribution in [0.3, 0.4) is 0 Å². The van der Waals surface area contributed by atoms with E-state index in [1.807, 2.05) is 13.0 Å². The monoisotopic (exact) mass is 270 g/mol. The van der Waals surface area contributed by atoms with Crippen LogP contribution in [-0.2, 0) is 14.8 Å². The highest BCUT2D eigenvalue weighted by atomic mass is 32.2. The fraction of sp³-hybridized carbons (Fsp3) is 0.500. The minimum Gasteiger partial charge on any atom is -0.398 e. The van der Waals surface area contributed by atoms with E-state index in [9.17, 15) is 8.42 Å². The highest BCUT2D eigenvalue weighted by molar-refractivity contribution is 7.89. The van der Waals surface area contributed by atoms with Gasteiger partial charge in [0, 0.05) is 13.2 Å². The molecule has 2 rings (SSSR count). The van der Waals surface area contributed by atoms with Crippen LogP contribution in [0.25, 0.3) is 0 Å².